The van der Waals surface area contributed by atoms with E-state index in [0.717, 1.165) is 17.2 Å². The lowest BCUT2D eigenvalue weighted by Crippen LogP contribution is -2.01. The molecule has 0 aliphatic heterocycles. The van der Waals surface area contributed by atoms with Crippen LogP contribution < -0.4 is 5.73 Å². The fraction of sp³-hybridized carbons (Fsp3) is 0.300. The van der Waals surface area contributed by atoms with E-state index in [1.54, 1.807) is 6.20 Å². The number of anilines is 1. The molecule has 8 nitrogen and oxygen atoms in total. The van der Waals surface area contributed by atoms with Crippen LogP contribution in [0.4, 0.5) is 5.82 Å². The van der Waals surface area contributed by atoms with Crippen LogP contribution in [0.3, 0.4) is 0 Å². The summed E-state index contributed by atoms with van der Waals surface area (Å²) in [6.45, 7) is 7.02. The quantitative estimate of drug-likeness (QED) is 0.632. The van der Waals surface area contributed by atoms with E-state index in [1.807, 2.05) is 30.5 Å². The van der Waals surface area contributed by atoms with E-state index in [-0.39, 0.29) is 11.6 Å². The molecule has 0 saturated heterocycles. The number of aromatic nitrogens is 5. The lowest BCUT2D eigenvalue weighted by Gasteiger charge is -2.07. The van der Waals surface area contributed by atoms with Gasteiger partial charge in [0.05, 0.1) is 24.8 Å². The molecule has 10 heteroatoms. The Labute approximate surface area is 185 Å². The van der Waals surface area contributed by atoms with Gasteiger partial charge in [-0.3, -0.25) is 9.97 Å². The average Bonchev–Trinajstić information content (AvgIpc) is 2.99. The van der Waals surface area contributed by atoms with Crippen LogP contribution in [-0.4, -0.2) is 36.1 Å². The third kappa shape index (κ3) is 9.58. The molecule has 0 fully saturated rings. The minimum atomic E-state index is 0.0835. The van der Waals surface area contributed by atoms with Crippen molar-refractivity contribution in [1.29, 1.82) is 0 Å². The van der Waals surface area contributed by atoms with Gasteiger partial charge in [0.1, 0.15) is 27.7 Å². The maximum Gasteiger partial charge on any atom is 0.157 e. The number of rotatable bonds is 4. The van der Waals surface area contributed by atoms with Crippen molar-refractivity contribution in [2.45, 2.75) is 40.5 Å². The average molecular weight is 451 g/mol. The molecule has 2 N–H and O–H groups in total. The van der Waals surface area contributed by atoms with Gasteiger partial charge in [0, 0.05) is 24.2 Å². The highest BCUT2D eigenvalue weighted by Crippen LogP contribution is 2.14. The predicted molar refractivity (Wildman–Crippen MR) is 118 cm³/mol. The molecule has 0 unspecified atom stereocenters. The number of carbonyl (C=O) groups excluding carboxylic acids is 2. The Balaban J connectivity index is 0.000000243. The van der Waals surface area contributed by atoms with Crippen molar-refractivity contribution < 1.29 is 9.59 Å². The van der Waals surface area contributed by atoms with Crippen LogP contribution in [0.1, 0.15) is 38.1 Å². The summed E-state index contributed by atoms with van der Waals surface area (Å²) in [6, 6.07) is 4.08. The van der Waals surface area contributed by atoms with E-state index in [4.69, 9.17) is 28.9 Å². The van der Waals surface area contributed by atoms with Gasteiger partial charge in [-0.1, -0.05) is 23.2 Å². The number of hydrogen-bond acceptors (Lipinski definition) is 7. The Morgan fingerprint density at radius 1 is 0.867 bits per heavy atom. The van der Waals surface area contributed by atoms with Gasteiger partial charge in [-0.15, -0.1) is 0 Å². The summed E-state index contributed by atoms with van der Waals surface area (Å²) >= 11 is 11.2. The smallest absolute Gasteiger partial charge is 0.157 e. The van der Waals surface area contributed by atoms with Crippen LogP contribution in [0.2, 0.25) is 10.3 Å². The first-order valence-electron chi connectivity index (χ1n) is 8.95. The SMILES string of the molecule is CC(=O)CCC(C)=O.Cc1ccc(C)n1-c1cncc(Cl)n1.Nc1cncc(Cl)n1. The van der Waals surface area contributed by atoms with Gasteiger partial charge >= 0.3 is 0 Å². The Hall–Kier alpha value is -2.84. The highest BCUT2D eigenvalue weighted by molar-refractivity contribution is 6.29. The number of nitrogens with two attached hydrogens (primary N) is 1. The number of Topliss-reactive ketones (excluding diaryl/α,β-unsaturated/α-hetero) is 2. The van der Waals surface area contributed by atoms with Crippen molar-refractivity contribution in [2.24, 2.45) is 0 Å². The zero-order chi connectivity index (χ0) is 22.7. The van der Waals surface area contributed by atoms with E-state index >= 15 is 0 Å². The summed E-state index contributed by atoms with van der Waals surface area (Å²) in [5, 5.41) is 0.736. The first-order valence-corrected chi connectivity index (χ1v) is 9.70. The second-order valence-electron chi connectivity index (χ2n) is 6.32. The molecule has 0 aliphatic rings. The molecule has 3 aromatic rings. The van der Waals surface area contributed by atoms with Crippen molar-refractivity contribution in [3.05, 3.63) is 58.6 Å². The van der Waals surface area contributed by atoms with Gasteiger partial charge in [0.2, 0.25) is 0 Å². The molecule has 160 valence electrons. The van der Waals surface area contributed by atoms with E-state index in [0.29, 0.717) is 29.0 Å². The first-order chi connectivity index (χ1) is 14.1. The normalized spacial score (nSPS) is 9.67. The van der Waals surface area contributed by atoms with Gasteiger partial charge < -0.3 is 19.9 Å². The largest absolute Gasteiger partial charge is 0.382 e. The van der Waals surface area contributed by atoms with Crippen LogP contribution in [-0.2, 0) is 9.59 Å². The Morgan fingerprint density at radius 3 is 1.70 bits per heavy atom. The van der Waals surface area contributed by atoms with Crippen molar-refractivity contribution in [2.75, 3.05) is 5.73 Å². The van der Waals surface area contributed by atoms with Crippen molar-refractivity contribution >= 4 is 40.6 Å². The number of aryl methyl sites for hydroxylation is 2. The molecule has 0 saturated carbocycles. The van der Waals surface area contributed by atoms with Crippen molar-refractivity contribution in [1.82, 2.24) is 24.5 Å². The van der Waals surface area contributed by atoms with E-state index in [1.165, 1.54) is 32.4 Å². The molecule has 0 radical (unpaired) electrons. The molecule has 0 amide bonds. The molecule has 0 spiro atoms. The number of halogens is 2. The summed E-state index contributed by atoms with van der Waals surface area (Å²) in [6.07, 6.45) is 6.89. The standard InChI is InChI=1S/C10H10ClN3.C6H10O2.C4H4ClN3/c1-7-3-4-8(2)14(7)10-6-12-5-9(11)13-10;1-5(7)3-4-6(2)8;5-3-1-7-2-4(6)8-3/h3-6H,1-2H3;3-4H2,1-2H3;1-2H,(H2,6,8). The lowest BCUT2D eigenvalue weighted by atomic mass is 10.2. The van der Waals surface area contributed by atoms with Gasteiger partial charge in [0.25, 0.3) is 0 Å². The minimum absolute atomic E-state index is 0.0835. The number of carbonyl (C=O) groups is 2. The zero-order valence-electron chi connectivity index (χ0n) is 17.3. The molecule has 0 aliphatic carbocycles. The second kappa shape index (κ2) is 12.7. The number of nitrogen functional groups attached to an aromatic ring is 1. The number of nitrogens with zero attached hydrogens (tertiary/aromatic N) is 5. The summed E-state index contributed by atoms with van der Waals surface area (Å²) in [5.41, 5.74) is 7.45. The highest BCUT2D eigenvalue weighted by Gasteiger charge is 2.05. The Kier molecular flexibility index (Phi) is 10.6. The molecule has 3 heterocycles. The van der Waals surface area contributed by atoms with Crippen LogP contribution >= 0.6 is 23.2 Å². The second-order valence-corrected chi connectivity index (χ2v) is 7.10. The van der Waals surface area contributed by atoms with Crippen molar-refractivity contribution in [3.63, 3.8) is 0 Å². The van der Waals surface area contributed by atoms with Gasteiger partial charge in [-0.05, 0) is 39.8 Å². The molecule has 3 rings (SSSR count). The highest BCUT2D eigenvalue weighted by atomic mass is 35.5. The molecule has 0 bridgehead atoms. The van der Waals surface area contributed by atoms with Crippen LogP contribution in [0.15, 0.2) is 36.9 Å². The minimum Gasteiger partial charge on any atom is -0.382 e. The maximum absolute atomic E-state index is 10.2. The summed E-state index contributed by atoms with van der Waals surface area (Å²) in [7, 11) is 0. The van der Waals surface area contributed by atoms with E-state index in [2.05, 4.69) is 19.9 Å². The summed E-state index contributed by atoms with van der Waals surface area (Å²) in [5.74, 6) is 1.27. The molecule has 3 aromatic heterocycles. The van der Waals surface area contributed by atoms with Crippen LogP contribution in [0, 0.1) is 13.8 Å². The van der Waals surface area contributed by atoms with Crippen LogP contribution in [0.5, 0.6) is 0 Å². The molecule has 0 aromatic carbocycles. The maximum atomic E-state index is 10.2. The molecular weight excluding hydrogens is 427 g/mol. The first kappa shape index (κ1) is 25.2. The monoisotopic (exact) mass is 450 g/mol. The lowest BCUT2D eigenvalue weighted by molar-refractivity contribution is -0.122. The molecule has 30 heavy (non-hydrogen) atoms. The van der Waals surface area contributed by atoms with Crippen LogP contribution in [0.25, 0.3) is 5.82 Å². The topological polar surface area (TPSA) is 117 Å². The fourth-order valence-corrected chi connectivity index (χ4v) is 2.48. The van der Waals surface area contributed by atoms with Gasteiger partial charge in [-0.2, -0.15) is 0 Å². The Bertz CT molecular complexity index is 940. The predicted octanol–water partition coefficient (Wildman–Crippen LogP) is 4.19. The third-order valence-electron chi connectivity index (χ3n) is 3.55. The van der Waals surface area contributed by atoms with E-state index in [9.17, 15) is 9.59 Å². The van der Waals surface area contributed by atoms with Crippen molar-refractivity contribution in [3.8, 4) is 5.82 Å². The zero-order valence-corrected chi connectivity index (χ0v) is 18.8. The number of ketones is 2. The van der Waals surface area contributed by atoms with E-state index < -0.39 is 0 Å². The molecule has 0 atom stereocenters. The molecular formula is C20H24Cl2N6O2. The summed E-state index contributed by atoms with van der Waals surface area (Å²) < 4.78 is 2.01. The Morgan fingerprint density at radius 2 is 1.33 bits per heavy atom. The van der Waals surface area contributed by atoms with Gasteiger partial charge in [0.15, 0.2) is 5.82 Å². The fourth-order valence-electron chi connectivity index (χ4n) is 2.18. The third-order valence-corrected chi connectivity index (χ3v) is 3.91. The number of hydrogen-bond donors (Lipinski definition) is 1. The summed E-state index contributed by atoms with van der Waals surface area (Å²) in [4.78, 5) is 35.9. The van der Waals surface area contributed by atoms with Gasteiger partial charge in [-0.25, -0.2) is 9.97 Å².